The molecule has 1 amide bonds. The monoisotopic (exact) mass is 430 g/mol. The van der Waals surface area contributed by atoms with E-state index in [-0.39, 0.29) is 5.91 Å². The number of nitrogens with zero attached hydrogens (tertiary/aromatic N) is 3. The third-order valence-corrected chi connectivity index (χ3v) is 5.47. The molecule has 0 fully saturated rings. The second kappa shape index (κ2) is 9.14. The Morgan fingerprint density at radius 2 is 1.61 bits per heavy atom. The smallest absolute Gasteiger partial charge is 0.253 e. The van der Waals surface area contributed by atoms with Gasteiger partial charge in [-0.25, -0.2) is 0 Å². The summed E-state index contributed by atoms with van der Waals surface area (Å²) < 4.78 is 0. The van der Waals surface area contributed by atoms with Crippen LogP contribution in [0.3, 0.4) is 0 Å². The van der Waals surface area contributed by atoms with Crippen molar-refractivity contribution in [2.45, 2.75) is 13.8 Å². The molecule has 0 atom stereocenters. The molecular weight excluding hydrogens is 408 g/mol. The van der Waals surface area contributed by atoms with Crippen LogP contribution in [0, 0.1) is 0 Å². The zero-order chi connectivity index (χ0) is 21.8. The van der Waals surface area contributed by atoms with Gasteiger partial charge in [-0.15, -0.1) is 10.2 Å². The fraction of sp³-hybridized carbons (Fsp3) is 0.160. The average Bonchev–Trinajstić information content (AvgIpc) is 2.80. The van der Waals surface area contributed by atoms with Crippen LogP contribution >= 0.6 is 11.6 Å². The number of carbonyl (C=O) groups is 1. The molecule has 0 spiro atoms. The van der Waals surface area contributed by atoms with Gasteiger partial charge in [0.2, 0.25) is 0 Å². The predicted molar refractivity (Wildman–Crippen MR) is 127 cm³/mol. The van der Waals surface area contributed by atoms with Gasteiger partial charge in [0.25, 0.3) is 5.91 Å². The maximum absolute atomic E-state index is 12.6. The number of nitrogens with one attached hydrogen (secondary N) is 1. The summed E-state index contributed by atoms with van der Waals surface area (Å²) >= 11 is 6.10. The quantitative estimate of drug-likeness (QED) is 0.397. The summed E-state index contributed by atoms with van der Waals surface area (Å²) in [4.78, 5) is 14.4. The van der Waals surface area contributed by atoms with Crippen LogP contribution in [0.2, 0.25) is 5.02 Å². The molecule has 3 aromatic carbocycles. The van der Waals surface area contributed by atoms with E-state index >= 15 is 0 Å². The Balaban J connectivity index is 1.70. The number of hydrogen-bond donors (Lipinski definition) is 1. The number of aromatic nitrogens is 2. The molecule has 0 aliphatic rings. The van der Waals surface area contributed by atoms with Crippen molar-refractivity contribution in [3.8, 4) is 11.3 Å². The second-order valence-electron chi connectivity index (χ2n) is 7.13. The van der Waals surface area contributed by atoms with E-state index < -0.39 is 0 Å². The minimum atomic E-state index is 0.0357. The Hall–Kier alpha value is -3.44. The predicted octanol–water partition coefficient (Wildman–Crippen LogP) is 6.18. The van der Waals surface area contributed by atoms with Crippen molar-refractivity contribution in [2.24, 2.45) is 0 Å². The lowest BCUT2D eigenvalue weighted by Gasteiger charge is -2.18. The second-order valence-corrected chi connectivity index (χ2v) is 7.57. The Labute approximate surface area is 186 Å². The van der Waals surface area contributed by atoms with Crippen molar-refractivity contribution >= 4 is 39.8 Å². The van der Waals surface area contributed by atoms with Crippen molar-refractivity contribution in [3.05, 3.63) is 83.4 Å². The van der Waals surface area contributed by atoms with Gasteiger partial charge in [0.15, 0.2) is 5.82 Å². The minimum absolute atomic E-state index is 0.0357. The SMILES string of the molecule is CCN(CC)C(=O)c1ccc(-c2nnc(Nc3cccc(Cl)c3)c3ccccc23)cc1. The van der Waals surface area contributed by atoms with Crippen LogP contribution < -0.4 is 5.32 Å². The Kier molecular flexibility index (Phi) is 6.14. The summed E-state index contributed by atoms with van der Waals surface area (Å²) in [5.74, 6) is 0.698. The molecule has 0 bridgehead atoms. The number of carbonyl (C=O) groups excluding carboxylic acids is 1. The third-order valence-electron chi connectivity index (χ3n) is 5.23. The van der Waals surface area contributed by atoms with Gasteiger partial charge in [0.05, 0.1) is 0 Å². The summed E-state index contributed by atoms with van der Waals surface area (Å²) in [6, 6.07) is 23.0. The number of fused-ring (bicyclic) bond motifs is 1. The van der Waals surface area contributed by atoms with Crippen LogP contribution in [-0.2, 0) is 0 Å². The summed E-state index contributed by atoms with van der Waals surface area (Å²) in [6.07, 6.45) is 0. The summed E-state index contributed by atoms with van der Waals surface area (Å²) in [5, 5.41) is 14.8. The molecule has 4 aromatic rings. The lowest BCUT2D eigenvalue weighted by atomic mass is 10.0. The first kappa shape index (κ1) is 20.8. The largest absolute Gasteiger partial charge is 0.339 e. The third kappa shape index (κ3) is 4.37. The summed E-state index contributed by atoms with van der Waals surface area (Å²) in [5.41, 5.74) is 3.20. The molecule has 6 heteroatoms. The van der Waals surface area contributed by atoms with Crippen molar-refractivity contribution in [2.75, 3.05) is 18.4 Å². The lowest BCUT2D eigenvalue weighted by Crippen LogP contribution is -2.30. The van der Waals surface area contributed by atoms with Crippen molar-refractivity contribution < 1.29 is 4.79 Å². The van der Waals surface area contributed by atoms with E-state index in [1.807, 2.05) is 86.6 Å². The van der Waals surface area contributed by atoms with E-state index in [4.69, 9.17) is 11.6 Å². The lowest BCUT2D eigenvalue weighted by molar-refractivity contribution is 0.0773. The molecule has 1 N–H and O–H groups in total. The molecule has 31 heavy (non-hydrogen) atoms. The average molecular weight is 431 g/mol. The first-order valence-corrected chi connectivity index (χ1v) is 10.7. The van der Waals surface area contributed by atoms with Crippen LogP contribution in [0.1, 0.15) is 24.2 Å². The maximum Gasteiger partial charge on any atom is 0.253 e. The van der Waals surface area contributed by atoms with Gasteiger partial charge in [0.1, 0.15) is 5.69 Å². The molecule has 0 radical (unpaired) electrons. The number of amides is 1. The Morgan fingerprint density at radius 1 is 0.903 bits per heavy atom. The Morgan fingerprint density at radius 3 is 2.29 bits per heavy atom. The molecule has 0 aliphatic heterocycles. The van der Waals surface area contributed by atoms with Gasteiger partial charge in [-0.3, -0.25) is 4.79 Å². The van der Waals surface area contributed by atoms with Crippen LogP contribution in [0.25, 0.3) is 22.0 Å². The number of benzene rings is 3. The zero-order valence-electron chi connectivity index (χ0n) is 17.5. The highest BCUT2D eigenvalue weighted by Gasteiger charge is 2.14. The van der Waals surface area contributed by atoms with Gasteiger partial charge in [-0.1, -0.05) is 54.1 Å². The minimum Gasteiger partial charge on any atom is -0.339 e. The maximum atomic E-state index is 12.6. The highest BCUT2D eigenvalue weighted by Crippen LogP contribution is 2.31. The fourth-order valence-corrected chi connectivity index (χ4v) is 3.77. The highest BCUT2D eigenvalue weighted by atomic mass is 35.5. The molecule has 0 saturated carbocycles. The summed E-state index contributed by atoms with van der Waals surface area (Å²) in [6.45, 7) is 5.34. The molecule has 0 unspecified atom stereocenters. The molecular formula is C25H23ClN4O. The standard InChI is InChI=1S/C25H23ClN4O/c1-3-30(4-2)25(31)18-14-12-17(13-15-18)23-21-10-5-6-11-22(21)24(29-28-23)27-20-9-7-8-19(26)16-20/h5-16H,3-4H2,1-2H3,(H,27,29). The van der Waals surface area contributed by atoms with Gasteiger partial charge in [0, 0.05) is 45.7 Å². The van der Waals surface area contributed by atoms with Crippen LogP contribution in [0.15, 0.2) is 72.8 Å². The fourth-order valence-electron chi connectivity index (χ4n) is 3.58. The van der Waals surface area contributed by atoms with E-state index in [1.54, 1.807) is 4.90 Å². The molecule has 0 aliphatic carbocycles. The van der Waals surface area contributed by atoms with Crippen LogP contribution in [0.4, 0.5) is 11.5 Å². The first-order chi connectivity index (χ1) is 15.1. The van der Waals surface area contributed by atoms with E-state index in [0.29, 0.717) is 29.5 Å². The zero-order valence-corrected chi connectivity index (χ0v) is 18.2. The van der Waals surface area contributed by atoms with Crippen LogP contribution in [-0.4, -0.2) is 34.1 Å². The van der Waals surface area contributed by atoms with E-state index in [9.17, 15) is 4.79 Å². The molecule has 1 aromatic heterocycles. The van der Waals surface area contributed by atoms with Crippen molar-refractivity contribution in [3.63, 3.8) is 0 Å². The normalized spacial score (nSPS) is 10.8. The van der Waals surface area contributed by atoms with Gasteiger partial charge in [-0.2, -0.15) is 0 Å². The van der Waals surface area contributed by atoms with Crippen LogP contribution in [0.5, 0.6) is 0 Å². The van der Waals surface area contributed by atoms with Gasteiger partial charge < -0.3 is 10.2 Å². The van der Waals surface area contributed by atoms with Gasteiger partial charge in [-0.05, 0) is 44.2 Å². The molecule has 4 rings (SSSR count). The molecule has 1 heterocycles. The molecule has 5 nitrogen and oxygen atoms in total. The number of halogens is 1. The molecule has 0 saturated heterocycles. The van der Waals surface area contributed by atoms with E-state index in [0.717, 1.165) is 27.7 Å². The van der Waals surface area contributed by atoms with Crippen molar-refractivity contribution in [1.82, 2.24) is 15.1 Å². The van der Waals surface area contributed by atoms with Gasteiger partial charge >= 0.3 is 0 Å². The van der Waals surface area contributed by atoms with Crippen molar-refractivity contribution in [1.29, 1.82) is 0 Å². The topological polar surface area (TPSA) is 58.1 Å². The first-order valence-electron chi connectivity index (χ1n) is 10.3. The number of anilines is 2. The summed E-state index contributed by atoms with van der Waals surface area (Å²) in [7, 11) is 0. The number of hydrogen-bond acceptors (Lipinski definition) is 4. The van der Waals surface area contributed by atoms with E-state index in [2.05, 4.69) is 15.5 Å². The number of rotatable bonds is 6. The highest BCUT2D eigenvalue weighted by molar-refractivity contribution is 6.30. The Bertz CT molecular complexity index is 1220. The van der Waals surface area contributed by atoms with E-state index in [1.165, 1.54) is 0 Å². The molecule has 156 valence electrons.